The molecule has 0 radical (unpaired) electrons. The highest BCUT2D eigenvalue weighted by molar-refractivity contribution is 6.01. The van der Waals surface area contributed by atoms with Gasteiger partial charge in [-0.3, -0.25) is 4.79 Å². The fourth-order valence-electron chi connectivity index (χ4n) is 2.36. The van der Waals surface area contributed by atoms with E-state index >= 15 is 0 Å². The molecule has 2 rings (SSSR count). The minimum atomic E-state index is -1.41. The summed E-state index contributed by atoms with van der Waals surface area (Å²) in [4.78, 5) is 34.2. The van der Waals surface area contributed by atoms with Gasteiger partial charge in [0.05, 0.1) is 11.9 Å². The Morgan fingerprint density at radius 3 is 2.24 bits per heavy atom. The number of anilines is 1. The number of carbonyl (C=O) groups excluding carboxylic acids is 3. The third-order valence-electron chi connectivity index (χ3n) is 3.48. The summed E-state index contributed by atoms with van der Waals surface area (Å²) < 4.78 is 0. The van der Waals surface area contributed by atoms with E-state index in [9.17, 15) is 24.6 Å². The SMILES string of the molecule is O=C([O-])c1ccccc1NC(=O)[C@@H]1CC=CC[C@H]1C(=O)[O-]. The van der Waals surface area contributed by atoms with Crippen LogP contribution in [0, 0.1) is 11.8 Å². The molecule has 1 aliphatic carbocycles. The van der Waals surface area contributed by atoms with Crippen LogP contribution in [0.15, 0.2) is 36.4 Å². The van der Waals surface area contributed by atoms with Crippen molar-refractivity contribution in [3.05, 3.63) is 42.0 Å². The molecular formula is C15H13NO5-2. The monoisotopic (exact) mass is 287 g/mol. The van der Waals surface area contributed by atoms with Gasteiger partial charge in [0.15, 0.2) is 0 Å². The number of benzene rings is 1. The lowest BCUT2D eigenvalue weighted by molar-refractivity contribution is -0.313. The minimum Gasteiger partial charge on any atom is -0.550 e. The van der Waals surface area contributed by atoms with Gasteiger partial charge in [0.2, 0.25) is 5.91 Å². The molecule has 6 heteroatoms. The Labute approximate surface area is 121 Å². The molecule has 1 N–H and O–H groups in total. The van der Waals surface area contributed by atoms with Crippen molar-refractivity contribution in [1.29, 1.82) is 0 Å². The maximum absolute atomic E-state index is 12.2. The number of rotatable bonds is 4. The highest BCUT2D eigenvalue weighted by atomic mass is 16.4. The standard InChI is InChI=1S/C15H15NO5/c17-13(9-5-1-2-6-10(9)14(18)19)16-12-8-4-3-7-11(12)15(20)21/h1-4,7-10H,5-6H2,(H,16,17)(H,18,19)(H,20,21)/p-2/t9-,10-/m1/s1. The molecule has 0 aliphatic heterocycles. The van der Waals surface area contributed by atoms with Crippen LogP contribution in [0.25, 0.3) is 0 Å². The topological polar surface area (TPSA) is 109 Å². The number of allylic oxidation sites excluding steroid dienone is 2. The molecule has 6 nitrogen and oxygen atoms in total. The van der Waals surface area contributed by atoms with Crippen LogP contribution in [-0.2, 0) is 9.59 Å². The quantitative estimate of drug-likeness (QED) is 0.738. The molecule has 1 aromatic carbocycles. The fraction of sp³-hybridized carbons (Fsp3) is 0.267. The van der Waals surface area contributed by atoms with Gasteiger partial charge in [0.25, 0.3) is 0 Å². The van der Waals surface area contributed by atoms with E-state index < -0.39 is 29.7 Å². The summed E-state index contributed by atoms with van der Waals surface area (Å²) in [5.41, 5.74) is -0.0589. The lowest BCUT2D eigenvalue weighted by Gasteiger charge is -2.28. The highest BCUT2D eigenvalue weighted by Gasteiger charge is 2.30. The van der Waals surface area contributed by atoms with E-state index in [-0.39, 0.29) is 24.1 Å². The second kappa shape index (κ2) is 6.21. The Bertz CT molecular complexity index is 608. The summed E-state index contributed by atoms with van der Waals surface area (Å²) in [6, 6.07) is 5.81. The van der Waals surface area contributed by atoms with Gasteiger partial charge in [-0.15, -0.1) is 0 Å². The number of para-hydroxylation sites is 1. The van der Waals surface area contributed by atoms with E-state index in [1.54, 1.807) is 18.2 Å². The van der Waals surface area contributed by atoms with E-state index in [2.05, 4.69) is 5.32 Å². The van der Waals surface area contributed by atoms with Crippen LogP contribution in [-0.4, -0.2) is 17.8 Å². The predicted octanol–water partition coefficient (Wildman–Crippen LogP) is -0.679. The predicted molar refractivity (Wildman–Crippen MR) is 69.8 cm³/mol. The lowest BCUT2D eigenvalue weighted by Crippen LogP contribution is -2.41. The number of hydrogen-bond donors (Lipinski definition) is 1. The zero-order valence-corrected chi connectivity index (χ0v) is 11.1. The Balaban J connectivity index is 2.20. The number of carboxylic acids is 2. The van der Waals surface area contributed by atoms with Crippen molar-refractivity contribution in [2.24, 2.45) is 11.8 Å². The van der Waals surface area contributed by atoms with E-state index in [0.717, 1.165) is 0 Å². The van der Waals surface area contributed by atoms with Crippen molar-refractivity contribution < 1.29 is 24.6 Å². The number of carbonyl (C=O) groups is 3. The molecule has 21 heavy (non-hydrogen) atoms. The first-order chi connectivity index (χ1) is 10.0. The number of hydrogen-bond acceptors (Lipinski definition) is 5. The van der Waals surface area contributed by atoms with E-state index in [4.69, 9.17) is 0 Å². The molecule has 0 saturated heterocycles. The van der Waals surface area contributed by atoms with Crippen LogP contribution >= 0.6 is 0 Å². The van der Waals surface area contributed by atoms with Gasteiger partial charge in [0.1, 0.15) is 0 Å². The first-order valence-corrected chi connectivity index (χ1v) is 6.47. The lowest BCUT2D eigenvalue weighted by atomic mass is 9.82. The Morgan fingerprint density at radius 1 is 1.00 bits per heavy atom. The summed E-state index contributed by atoms with van der Waals surface area (Å²) in [5, 5.41) is 24.5. The van der Waals surface area contributed by atoms with Gasteiger partial charge in [0, 0.05) is 23.1 Å². The number of aliphatic carboxylic acids is 1. The van der Waals surface area contributed by atoms with Crippen LogP contribution in [0.4, 0.5) is 5.69 Å². The second-order valence-corrected chi connectivity index (χ2v) is 4.80. The van der Waals surface area contributed by atoms with Gasteiger partial charge in [-0.1, -0.05) is 30.4 Å². The molecule has 0 aromatic heterocycles. The molecule has 1 aromatic rings. The van der Waals surface area contributed by atoms with E-state index in [1.165, 1.54) is 18.2 Å². The molecule has 0 saturated carbocycles. The Morgan fingerprint density at radius 2 is 1.62 bits per heavy atom. The van der Waals surface area contributed by atoms with Crippen molar-refractivity contribution in [3.8, 4) is 0 Å². The molecule has 0 spiro atoms. The number of amides is 1. The molecule has 0 unspecified atom stereocenters. The van der Waals surface area contributed by atoms with E-state index in [1.807, 2.05) is 0 Å². The fourth-order valence-corrected chi connectivity index (χ4v) is 2.36. The van der Waals surface area contributed by atoms with Crippen molar-refractivity contribution in [2.45, 2.75) is 12.8 Å². The van der Waals surface area contributed by atoms with E-state index in [0.29, 0.717) is 0 Å². The smallest absolute Gasteiger partial charge is 0.228 e. The number of aromatic carboxylic acids is 1. The van der Waals surface area contributed by atoms with Crippen molar-refractivity contribution >= 4 is 23.5 Å². The molecule has 0 heterocycles. The van der Waals surface area contributed by atoms with Crippen LogP contribution in [0.3, 0.4) is 0 Å². The maximum Gasteiger partial charge on any atom is 0.228 e. The zero-order valence-electron chi connectivity index (χ0n) is 11.1. The molecular weight excluding hydrogens is 274 g/mol. The Kier molecular flexibility index (Phi) is 4.37. The molecule has 0 fully saturated rings. The van der Waals surface area contributed by atoms with Crippen LogP contribution in [0.2, 0.25) is 0 Å². The molecule has 1 amide bonds. The average molecular weight is 287 g/mol. The third kappa shape index (κ3) is 3.28. The minimum absolute atomic E-state index is 0.0918. The largest absolute Gasteiger partial charge is 0.550 e. The summed E-state index contributed by atoms with van der Waals surface area (Å²) in [6.07, 6.45) is 3.92. The van der Waals surface area contributed by atoms with Gasteiger partial charge in [-0.05, 0) is 18.9 Å². The molecule has 1 aliphatic rings. The summed E-state index contributed by atoms with van der Waals surface area (Å²) >= 11 is 0. The maximum atomic E-state index is 12.2. The highest BCUT2D eigenvalue weighted by Crippen LogP contribution is 2.27. The second-order valence-electron chi connectivity index (χ2n) is 4.80. The van der Waals surface area contributed by atoms with Gasteiger partial charge in [-0.2, -0.15) is 0 Å². The molecule has 2 atom stereocenters. The first kappa shape index (κ1) is 14.8. The normalized spacial score (nSPS) is 20.8. The zero-order chi connectivity index (χ0) is 15.4. The molecule has 110 valence electrons. The van der Waals surface area contributed by atoms with Gasteiger partial charge in [-0.25, -0.2) is 0 Å². The first-order valence-electron chi connectivity index (χ1n) is 6.47. The van der Waals surface area contributed by atoms with Crippen molar-refractivity contribution in [1.82, 2.24) is 0 Å². The summed E-state index contributed by atoms with van der Waals surface area (Å²) in [6.45, 7) is 0. The number of nitrogens with one attached hydrogen (secondary N) is 1. The summed E-state index contributed by atoms with van der Waals surface area (Å²) in [7, 11) is 0. The number of carboxylic acid groups (broad SMARTS) is 2. The Hall–Kier alpha value is -2.63. The molecule has 0 bridgehead atoms. The van der Waals surface area contributed by atoms with Gasteiger partial charge < -0.3 is 25.1 Å². The summed E-state index contributed by atoms with van der Waals surface area (Å²) in [5.74, 6) is -4.93. The third-order valence-corrected chi connectivity index (χ3v) is 3.48. The van der Waals surface area contributed by atoms with Crippen molar-refractivity contribution in [2.75, 3.05) is 5.32 Å². The van der Waals surface area contributed by atoms with Crippen LogP contribution in [0.5, 0.6) is 0 Å². The van der Waals surface area contributed by atoms with Crippen LogP contribution in [0.1, 0.15) is 23.2 Å². The van der Waals surface area contributed by atoms with Crippen molar-refractivity contribution in [3.63, 3.8) is 0 Å². The van der Waals surface area contributed by atoms with Gasteiger partial charge >= 0.3 is 0 Å². The average Bonchev–Trinajstić information content (AvgIpc) is 2.47. The van der Waals surface area contributed by atoms with Crippen LogP contribution < -0.4 is 15.5 Å².